The number of hydrogen-bond acceptors (Lipinski definition) is 4. The van der Waals surface area contributed by atoms with Crippen molar-refractivity contribution in [3.05, 3.63) is 76.7 Å². The van der Waals surface area contributed by atoms with Crippen molar-refractivity contribution in [1.82, 2.24) is 15.0 Å². The summed E-state index contributed by atoms with van der Waals surface area (Å²) in [4.78, 5) is 4.94. The van der Waals surface area contributed by atoms with E-state index >= 15 is 0 Å². The summed E-state index contributed by atoms with van der Waals surface area (Å²) in [6, 6.07) is 15.0. The first kappa shape index (κ1) is 18.8. The van der Waals surface area contributed by atoms with Gasteiger partial charge in [-0.3, -0.25) is 9.80 Å². The largest absolute Gasteiger partial charge is 0.356 e. The highest BCUT2D eigenvalue weighted by atomic mass is 19.1. The lowest BCUT2D eigenvalue weighted by Crippen LogP contribution is -2.45. The SMILES string of the molecule is Cc1ccccc1CN1CCN(Cc2noc(-c3ccc(F)cc3)c2C)CC1. The molecule has 0 saturated carbocycles. The van der Waals surface area contributed by atoms with Crippen LogP contribution in [0.4, 0.5) is 4.39 Å². The Balaban J connectivity index is 1.35. The fourth-order valence-electron chi connectivity index (χ4n) is 3.73. The zero-order chi connectivity index (χ0) is 19.5. The summed E-state index contributed by atoms with van der Waals surface area (Å²) >= 11 is 0. The number of nitrogens with zero attached hydrogens (tertiary/aromatic N) is 3. The minimum absolute atomic E-state index is 0.246. The Bertz CT molecular complexity index is 927. The molecule has 4 nitrogen and oxygen atoms in total. The molecule has 4 rings (SSSR count). The molecule has 0 spiro atoms. The fraction of sp³-hybridized carbons (Fsp3) is 0.348. The van der Waals surface area contributed by atoms with E-state index in [9.17, 15) is 4.39 Å². The van der Waals surface area contributed by atoms with Gasteiger partial charge in [-0.15, -0.1) is 0 Å². The Morgan fingerprint density at radius 2 is 1.54 bits per heavy atom. The van der Waals surface area contributed by atoms with E-state index in [4.69, 9.17) is 4.52 Å². The van der Waals surface area contributed by atoms with Gasteiger partial charge >= 0.3 is 0 Å². The molecule has 1 aliphatic heterocycles. The minimum Gasteiger partial charge on any atom is -0.356 e. The molecular formula is C23H26FN3O. The molecule has 0 radical (unpaired) electrons. The molecule has 0 aliphatic carbocycles. The van der Waals surface area contributed by atoms with Gasteiger partial charge in [0.25, 0.3) is 0 Å². The smallest absolute Gasteiger partial charge is 0.170 e. The van der Waals surface area contributed by atoms with Crippen LogP contribution in [-0.2, 0) is 13.1 Å². The second-order valence-corrected chi connectivity index (χ2v) is 7.57. The van der Waals surface area contributed by atoms with Gasteiger partial charge in [-0.2, -0.15) is 0 Å². The maximum atomic E-state index is 13.2. The van der Waals surface area contributed by atoms with Crippen LogP contribution in [0.15, 0.2) is 53.1 Å². The van der Waals surface area contributed by atoms with E-state index in [1.165, 1.54) is 23.3 Å². The molecular weight excluding hydrogens is 353 g/mol. The molecule has 5 heteroatoms. The average Bonchev–Trinajstić information content (AvgIpc) is 3.06. The van der Waals surface area contributed by atoms with Crippen molar-refractivity contribution in [3.63, 3.8) is 0 Å². The van der Waals surface area contributed by atoms with Gasteiger partial charge in [0.05, 0.1) is 0 Å². The van der Waals surface area contributed by atoms with E-state index in [2.05, 4.69) is 46.1 Å². The zero-order valence-electron chi connectivity index (χ0n) is 16.5. The van der Waals surface area contributed by atoms with Gasteiger partial charge in [0, 0.05) is 50.4 Å². The topological polar surface area (TPSA) is 32.5 Å². The van der Waals surface area contributed by atoms with Crippen molar-refractivity contribution in [1.29, 1.82) is 0 Å². The summed E-state index contributed by atoms with van der Waals surface area (Å²) in [5, 5.41) is 4.28. The molecule has 1 fully saturated rings. The minimum atomic E-state index is -0.246. The molecule has 2 heterocycles. The van der Waals surface area contributed by atoms with Crippen molar-refractivity contribution < 1.29 is 8.91 Å². The molecule has 0 atom stereocenters. The van der Waals surface area contributed by atoms with Crippen LogP contribution < -0.4 is 0 Å². The van der Waals surface area contributed by atoms with Crippen LogP contribution in [0.3, 0.4) is 0 Å². The summed E-state index contributed by atoms with van der Waals surface area (Å²) in [6.07, 6.45) is 0. The summed E-state index contributed by atoms with van der Waals surface area (Å²) in [6.45, 7) is 10.1. The number of rotatable bonds is 5. The number of aromatic nitrogens is 1. The van der Waals surface area contributed by atoms with Crippen LogP contribution in [-0.4, -0.2) is 41.1 Å². The van der Waals surface area contributed by atoms with E-state index in [-0.39, 0.29) is 5.82 Å². The van der Waals surface area contributed by atoms with Crippen LogP contribution >= 0.6 is 0 Å². The van der Waals surface area contributed by atoms with Crippen molar-refractivity contribution in [2.45, 2.75) is 26.9 Å². The quantitative estimate of drug-likeness (QED) is 0.657. The van der Waals surface area contributed by atoms with Crippen LogP contribution in [0.5, 0.6) is 0 Å². The van der Waals surface area contributed by atoms with E-state index in [1.54, 1.807) is 12.1 Å². The third-order valence-corrected chi connectivity index (χ3v) is 5.62. The first-order valence-electron chi connectivity index (χ1n) is 9.80. The van der Waals surface area contributed by atoms with Gasteiger partial charge in [0.1, 0.15) is 11.5 Å². The number of benzene rings is 2. The van der Waals surface area contributed by atoms with Crippen LogP contribution in [0, 0.1) is 19.7 Å². The molecule has 2 aromatic carbocycles. The van der Waals surface area contributed by atoms with Crippen molar-refractivity contribution in [2.75, 3.05) is 26.2 Å². The number of piperazine rings is 1. The highest BCUT2D eigenvalue weighted by molar-refractivity contribution is 5.61. The van der Waals surface area contributed by atoms with E-state index < -0.39 is 0 Å². The molecule has 0 unspecified atom stereocenters. The van der Waals surface area contributed by atoms with Gasteiger partial charge in [-0.25, -0.2) is 4.39 Å². The first-order chi connectivity index (χ1) is 13.6. The maximum Gasteiger partial charge on any atom is 0.170 e. The number of aryl methyl sites for hydroxylation is 1. The molecule has 1 saturated heterocycles. The Labute approximate surface area is 165 Å². The van der Waals surface area contributed by atoms with Gasteiger partial charge in [-0.1, -0.05) is 29.4 Å². The molecule has 0 amide bonds. The van der Waals surface area contributed by atoms with Crippen molar-refractivity contribution in [3.8, 4) is 11.3 Å². The van der Waals surface area contributed by atoms with Crippen molar-refractivity contribution in [2.24, 2.45) is 0 Å². The lowest BCUT2D eigenvalue weighted by molar-refractivity contribution is 0.119. The molecule has 0 bridgehead atoms. The predicted octanol–water partition coefficient (Wildman–Crippen LogP) is 4.42. The maximum absolute atomic E-state index is 13.2. The predicted molar refractivity (Wildman–Crippen MR) is 108 cm³/mol. The fourth-order valence-corrected chi connectivity index (χ4v) is 3.73. The molecule has 1 aromatic heterocycles. The van der Waals surface area contributed by atoms with Gasteiger partial charge in [0.15, 0.2) is 5.76 Å². The number of hydrogen-bond donors (Lipinski definition) is 0. The van der Waals surface area contributed by atoms with Crippen LogP contribution in [0.1, 0.15) is 22.4 Å². The monoisotopic (exact) mass is 379 g/mol. The highest BCUT2D eigenvalue weighted by Gasteiger charge is 2.21. The standard InChI is InChI=1S/C23H26FN3O/c1-17-5-3-4-6-20(17)15-26-11-13-27(14-12-26)16-22-18(2)23(28-25-22)19-7-9-21(24)10-8-19/h3-10H,11-16H2,1-2H3. The Morgan fingerprint density at radius 1 is 0.893 bits per heavy atom. The first-order valence-corrected chi connectivity index (χ1v) is 9.80. The van der Waals surface area contributed by atoms with Crippen molar-refractivity contribution >= 4 is 0 Å². The lowest BCUT2D eigenvalue weighted by Gasteiger charge is -2.34. The third-order valence-electron chi connectivity index (χ3n) is 5.62. The van der Waals surface area contributed by atoms with E-state index in [0.717, 1.165) is 61.8 Å². The lowest BCUT2D eigenvalue weighted by atomic mass is 10.1. The number of halogens is 1. The average molecular weight is 379 g/mol. The second-order valence-electron chi connectivity index (χ2n) is 7.57. The van der Waals surface area contributed by atoms with E-state index in [1.807, 2.05) is 6.92 Å². The summed E-state index contributed by atoms with van der Waals surface area (Å²) < 4.78 is 18.7. The zero-order valence-corrected chi connectivity index (χ0v) is 16.5. The molecule has 1 aliphatic rings. The molecule has 28 heavy (non-hydrogen) atoms. The van der Waals surface area contributed by atoms with Gasteiger partial charge in [0.2, 0.25) is 0 Å². The molecule has 0 N–H and O–H groups in total. The Kier molecular flexibility index (Phi) is 5.55. The summed E-state index contributed by atoms with van der Waals surface area (Å²) in [7, 11) is 0. The van der Waals surface area contributed by atoms with Crippen LogP contribution in [0.2, 0.25) is 0 Å². The Morgan fingerprint density at radius 3 is 2.21 bits per heavy atom. The Hall–Kier alpha value is -2.50. The summed E-state index contributed by atoms with van der Waals surface area (Å²) in [5.74, 6) is 0.484. The van der Waals surface area contributed by atoms with Gasteiger partial charge in [-0.05, 0) is 49.2 Å². The van der Waals surface area contributed by atoms with Gasteiger partial charge < -0.3 is 4.52 Å². The third kappa shape index (κ3) is 4.16. The summed E-state index contributed by atoms with van der Waals surface area (Å²) in [5.41, 5.74) is 5.63. The normalized spacial score (nSPS) is 15.8. The molecule has 3 aromatic rings. The highest BCUT2D eigenvalue weighted by Crippen LogP contribution is 2.27. The van der Waals surface area contributed by atoms with Crippen LogP contribution in [0.25, 0.3) is 11.3 Å². The molecule has 146 valence electrons. The van der Waals surface area contributed by atoms with E-state index in [0.29, 0.717) is 0 Å². The second kappa shape index (κ2) is 8.25.